The van der Waals surface area contributed by atoms with E-state index in [0.29, 0.717) is 23.7 Å². The number of aromatic nitrogens is 1. The summed E-state index contributed by atoms with van der Waals surface area (Å²) >= 11 is 5.88. The Morgan fingerprint density at radius 3 is 2.68 bits per heavy atom. The Hall–Kier alpha value is -1.49. The van der Waals surface area contributed by atoms with Gasteiger partial charge in [-0.2, -0.15) is 0 Å². The molecular formula is C13H19ClN2O3. The van der Waals surface area contributed by atoms with E-state index in [0.717, 1.165) is 6.42 Å². The highest BCUT2D eigenvalue weighted by Gasteiger charge is 2.18. The van der Waals surface area contributed by atoms with E-state index in [1.807, 2.05) is 13.8 Å². The molecule has 1 unspecified atom stereocenters. The number of carbonyl (C=O) groups excluding carboxylic acids is 1. The number of amides is 1. The van der Waals surface area contributed by atoms with Crippen molar-refractivity contribution in [1.29, 1.82) is 0 Å². The molecule has 0 fully saturated rings. The van der Waals surface area contributed by atoms with Gasteiger partial charge in [-0.15, -0.1) is 0 Å². The number of nitrogens with one attached hydrogen (secondary N) is 1. The minimum absolute atomic E-state index is 0.0693. The summed E-state index contributed by atoms with van der Waals surface area (Å²) < 4.78 is 1.74. The van der Waals surface area contributed by atoms with Gasteiger partial charge in [0.05, 0.1) is 11.4 Å². The molecular weight excluding hydrogens is 268 g/mol. The first kappa shape index (κ1) is 15.6. The molecule has 1 atom stereocenters. The van der Waals surface area contributed by atoms with Crippen molar-refractivity contribution >= 4 is 23.5 Å². The average molecular weight is 287 g/mol. The molecule has 2 N–H and O–H groups in total. The maximum atomic E-state index is 12.1. The SMILES string of the molecule is CCCC(CC(=O)O)NC(=O)c1cc(Cl)cn1CC. The van der Waals surface area contributed by atoms with Gasteiger partial charge in [0.15, 0.2) is 0 Å². The molecule has 0 bridgehead atoms. The van der Waals surface area contributed by atoms with Crippen LogP contribution in [0, 0.1) is 0 Å². The summed E-state index contributed by atoms with van der Waals surface area (Å²) in [4.78, 5) is 22.9. The number of hydrogen-bond acceptors (Lipinski definition) is 2. The van der Waals surface area contributed by atoms with E-state index in [1.54, 1.807) is 16.8 Å². The normalized spacial score (nSPS) is 12.2. The number of hydrogen-bond donors (Lipinski definition) is 2. The number of nitrogens with zero attached hydrogens (tertiary/aromatic N) is 1. The first-order chi connectivity index (χ1) is 8.97. The Morgan fingerprint density at radius 2 is 2.16 bits per heavy atom. The molecule has 6 heteroatoms. The number of aliphatic carboxylic acids is 1. The molecule has 1 aromatic heterocycles. The van der Waals surface area contributed by atoms with Gasteiger partial charge in [-0.25, -0.2) is 0 Å². The molecule has 0 radical (unpaired) electrons. The van der Waals surface area contributed by atoms with Crippen molar-refractivity contribution in [3.63, 3.8) is 0 Å². The molecule has 1 heterocycles. The minimum atomic E-state index is -0.914. The van der Waals surface area contributed by atoms with E-state index in [9.17, 15) is 9.59 Å². The summed E-state index contributed by atoms with van der Waals surface area (Å²) in [6.45, 7) is 4.49. The molecule has 1 aromatic rings. The van der Waals surface area contributed by atoms with Gasteiger partial charge in [-0.05, 0) is 19.4 Å². The Labute approximate surface area is 117 Å². The topological polar surface area (TPSA) is 71.3 Å². The maximum absolute atomic E-state index is 12.1. The van der Waals surface area contributed by atoms with Gasteiger partial charge >= 0.3 is 5.97 Å². The largest absolute Gasteiger partial charge is 0.481 e. The highest BCUT2D eigenvalue weighted by Crippen LogP contribution is 2.15. The van der Waals surface area contributed by atoms with Gasteiger partial charge in [0.2, 0.25) is 0 Å². The van der Waals surface area contributed by atoms with E-state index in [1.165, 1.54) is 0 Å². The Bertz CT molecular complexity index is 457. The van der Waals surface area contributed by atoms with Crippen molar-refractivity contribution < 1.29 is 14.7 Å². The predicted molar refractivity (Wildman–Crippen MR) is 73.5 cm³/mol. The first-order valence-electron chi connectivity index (χ1n) is 6.36. The number of rotatable bonds is 7. The van der Waals surface area contributed by atoms with E-state index in [-0.39, 0.29) is 18.4 Å². The Kier molecular flexibility index (Phi) is 5.89. The van der Waals surface area contributed by atoms with Gasteiger partial charge < -0.3 is 15.0 Å². The Morgan fingerprint density at radius 1 is 1.47 bits per heavy atom. The molecule has 0 aromatic carbocycles. The van der Waals surface area contributed by atoms with Crippen LogP contribution in [0.4, 0.5) is 0 Å². The molecule has 1 rings (SSSR count). The molecule has 1 amide bonds. The summed E-state index contributed by atoms with van der Waals surface area (Å²) in [5.41, 5.74) is 0.457. The van der Waals surface area contributed by atoms with Gasteiger partial charge in [-0.1, -0.05) is 24.9 Å². The zero-order chi connectivity index (χ0) is 14.4. The van der Waals surface area contributed by atoms with Crippen LogP contribution in [0.15, 0.2) is 12.3 Å². The van der Waals surface area contributed by atoms with Crippen molar-refractivity contribution in [1.82, 2.24) is 9.88 Å². The number of carboxylic acids is 1. The zero-order valence-electron chi connectivity index (χ0n) is 11.1. The van der Waals surface area contributed by atoms with Crippen molar-refractivity contribution in [3.05, 3.63) is 23.0 Å². The molecule has 0 spiro atoms. The van der Waals surface area contributed by atoms with Crippen molar-refractivity contribution in [3.8, 4) is 0 Å². The lowest BCUT2D eigenvalue weighted by Crippen LogP contribution is -2.37. The molecule has 0 aliphatic heterocycles. The van der Waals surface area contributed by atoms with Crippen molar-refractivity contribution in [2.45, 2.75) is 45.7 Å². The van der Waals surface area contributed by atoms with Crippen LogP contribution >= 0.6 is 11.6 Å². The second kappa shape index (κ2) is 7.19. The van der Waals surface area contributed by atoms with Crippen molar-refractivity contribution in [2.75, 3.05) is 0 Å². The van der Waals surface area contributed by atoms with Crippen LogP contribution in [0.5, 0.6) is 0 Å². The third kappa shape index (κ3) is 4.59. The quantitative estimate of drug-likeness (QED) is 0.809. The highest BCUT2D eigenvalue weighted by molar-refractivity contribution is 6.31. The van der Waals surface area contributed by atoms with Crippen LogP contribution < -0.4 is 5.32 Å². The molecule has 106 valence electrons. The summed E-state index contributed by atoms with van der Waals surface area (Å²) in [6.07, 6.45) is 3.06. The van der Waals surface area contributed by atoms with E-state index in [2.05, 4.69) is 5.32 Å². The number of carbonyl (C=O) groups is 2. The summed E-state index contributed by atoms with van der Waals surface area (Å²) in [7, 11) is 0. The van der Waals surface area contributed by atoms with Gasteiger partial charge in [0.1, 0.15) is 5.69 Å². The van der Waals surface area contributed by atoms with Gasteiger partial charge in [0, 0.05) is 18.8 Å². The standard InChI is InChI=1S/C13H19ClN2O3/c1-3-5-10(7-12(17)18)15-13(19)11-6-9(14)8-16(11)4-2/h6,8,10H,3-5,7H2,1-2H3,(H,15,19)(H,17,18). The lowest BCUT2D eigenvalue weighted by Gasteiger charge is -2.16. The fourth-order valence-electron chi connectivity index (χ4n) is 1.97. The number of halogens is 1. The minimum Gasteiger partial charge on any atom is -0.481 e. The predicted octanol–water partition coefficient (Wildman–Crippen LogP) is 2.53. The van der Waals surface area contributed by atoms with Gasteiger partial charge in [-0.3, -0.25) is 9.59 Å². The van der Waals surface area contributed by atoms with E-state index < -0.39 is 5.97 Å². The second-order valence-electron chi connectivity index (χ2n) is 4.39. The van der Waals surface area contributed by atoms with Crippen LogP contribution in [-0.4, -0.2) is 27.6 Å². The third-order valence-electron chi connectivity index (χ3n) is 2.83. The summed E-state index contributed by atoms with van der Waals surface area (Å²) in [5.74, 6) is -1.20. The molecule has 0 aliphatic rings. The van der Waals surface area contributed by atoms with Crippen LogP contribution in [-0.2, 0) is 11.3 Å². The van der Waals surface area contributed by atoms with Crippen LogP contribution in [0.2, 0.25) is 5.02 Å². The fourth-order valence-corrected chi connectivity index (χ4v) is 2.19. The lowest BCUT2D eigenvalue weighted by molar-refractivity contribution is -0.137. The van der Waals surface area contributed by atoms with Crippen LogP contribution in [0.1, 0.15) is 43.6 Å². The van der Waals surface area contributed by atoms with Crippen LogP contribution in [0.25, 0.3) is 0 Å². The van der Waals surface area contributed by atoms with E-state index >= 15 is 0 Å². The second-order valence-corrected chi connectivity index (χ2v) is 4.82. The zero-order valence-corrected chi connectivity index (χ0v) is 11.9. The molecule has 0 saturated heterocycles. The lowest BCUT2D eigenvalue weighted by atomic mass is 10.1. The summed E-state index contributed by atoms with van der Waals surface area (Å²) in [5, 5.41) is 12.1. The number of aryl methyl sites for hydroxylation is 1. The van der Waals surface area contributed by atoms with Gasteiger partial charge in [0.25, 0.3) is 5.91 Å². The van der Waals surface area contributed by atoms with Crippen molar-refractivity contribution in [2.24, 2.45) is 0 Å². The molecule has 5 nitrogen and oxygen atoms in total. The number of carboxylic acid groups (broad SMARTS) is 1. The third-order valence-corrected chi connectivity index (χ3v) is 3.04. The average Bonchev–Trinajstić information content (AvgIpc) is 2.70. The summed E-state index contributed by atoms with van der Waals surface area (Å²) in [6, 6.07) is 1.23. The Balaban J connectivity index is 2.77. The first-order valence-corrected chi connectivity index (χ1v) is 6.74. The van der Waals surface area contributed by atoms with E-state index in [4.69, 9.17) is 16.7 Å². The monoisotopic (exact) mass is 286 g/mol. The molecule has 0 aliphatic carbocycles. The smallest absolute Gasteiger partial charge is 0.305 e. The fraction of sp³-hybridized carbons (Fsp3) is 0.538. The maximum Gasteiger partial charge on any atom is 0.305 e. The molecule has 19 heavy (non-hydrogen) atoms. The molecule has 0 saturated carbocycles. The highest BCUT2D eigenvalue weighted by atomic mass is 35.5. The van der Waals surface area contributed by atoms with Crippen LogP contribution in [0.3, 0.4) is 0 Å².